The lowest BCUT2D eigenvalue weighted by Crippen LogP contribution is -2.17. The van der Waals surface area contributed by atoms with Crippen LogP contribution in [0.1, 0.15) is 24.9 Å². The van der Waals surface area contributed by atoms with E-state index >= 15 is 0 Å². The molecule has 1 aromatic rings. The quantitative estimate of drug-likeness (QED) is 0.576. The number of hydrogen-bond donors (Lipinski definition) is 2. The summed E-state index contributed by atoms with van der Waals surface area (Å²) in [4.78, 5) is 11.2. The SMILES string of the molecule is CCOC(=O)C[C@@H](N)c1ccc(N)cc1. The molecule has 1 rings (SSSR count). The van der Waals surface area contributed by atoms with E-state index in [1.165, 1.54) is 0 Å². The Morgan fingerprint density at radius 3 is 2.53 bits per heavy atom. The minimum Gasteiger partial charge on any atom is -0.466 e. The highest BCUT2D eigenvalue weighted by molar-refractivity contribution is 5.70. The smallest absolute Gasteiger partial charge is 0.307 e. The van der Waals surface area contributed by atoms with Crippen molar-refractivity contribution in [2.75, 3.05) is 12.3 Å². The van der Waals surface area contributed by atoms with Gasteiger partial charge in [-0.1, -0.05) is 12.1 Å². The zero-order chi connectivity index (χ0) is 11.3. The van der Waals surface area contributed by atoms with Crippen molar-refractivity contribution in [3.63, 3.8) is 0 Å². The second-order valence-electron chi connectivity index (χ2n) is 3.28. The molecular weight excluding hydrogens is 192 g/mol. The van der Waals surface area contributed by atoms with Gasteiger partial charge in [-0.25, -0.2) is 0 Å². The molecule has 0 aliphatic heterocycles. The van der Waals surface area contributed by atoms with Crippen molar-refractivity contribution in [3.8, 4) is 0 Å². The monoisotopic (exact) mass is 208 g/mol. The first-order valence-corrected chi connectivity index (χ1v) is 4.90. The van der Waals surface area contributed by atoms with E-state index in [1.54, 1.807) is 19.1 Å². The highest BCUT2D eigenvalue weighted by Gasteiger charge is 2.11. The predicted octanol–water partition coefficient (Wildman–Crippen LogP) is 1.22. The summed E-state index contributed by atoms with van der Waals surface area (Å²) in [5.74, 6) is -0.276. The number of hydrogen-bond acceptors (Lipinski definition) is 4. The largest absolute Gasteiger partial charge is 0.466 e. The third-order valence-corrected chi connectivity index (χ3v) is 2.06. The van der Waals surface area contributed by atoms with Gasteiger partial charge in [-0.3, -0.25) is 4.79 Å². The number of anilines is 1. The Morgan fingerprint density at radius 2 is 2.00 bits per heavy atom. The Hall–Kier alpha value is -1.55. The van der Waals surface area contributed by atoms with Crippen molar-refractivity contribution in [2.24, 2.45) is 5.73 Å². The van der Waals surface area contributed by atoms with Gasteiger partial charge in [0.2, 0.25) is 0 Å². The molecule has 1 aromatic carbocycles. The van der Waals surface area contributed by atoms with Crippen LogP contribution in [0.3, 0.4) is 0 Å². The Bertz CT molecular complexity index is 322. The molecule has 0 bridgehead atoms. The number of rotatable bonds is 4. The molecule has 0 aromatic heterocycles. The van der Waals surface area contributed by atoms with Gasteiger partial charge in [0.25, 0.3) is 0 Å². The fraction of sp³-hybridized carbons (Fsp3) is 0.364. The summed E-state index contributed by atoms with van der Waals surface area (Å²) in [6.07, 6.45) is 0.192. The molecule has 0 amide bonds. The Kier molecular flexibility index (Phi) is 4.12. The Balaban J connectivity index is 2.57. The van der Waals surface area contributed by atoms with E-state index in [0.29, 0.717) is 12.3 Å². The van der Waals surface area contributed by atoms with E-state index in [2.05, 4.69) is 0 Å². The zero-order valence-corrected chi connectivity index (χ0v) is 8.77. The first-order valence-electron chi connectivity index (χ1n) is 4.90. The van der Waals surface area contributed by atoms with Crippen molar-refractivity contribution >= 4 is 11.7 Å². The minimum atomic E-state index is -0.329. The molecule has 0 unspecified atom stereocenters. The van der Waals surface area contributed by atoms with Crippen LogP contribution in [-0.2, 0) is 9.53 Å². The van der Waals surface area contributed by atoms with E-state index in [0.717, 1.165) is 5.56 Å². The third-order valence-electron chi connectivity index (χ3n) is 2.06. The Labute approximate surface area is 89.2 Å². The van der Waals surface area contributed by atoms with E-state index in [9.17, 15) is 4.79 Å². The van der Waals surface area contributed by atoms with Gasteiger partial charge >= 0.3 is 5.97 Å². The van der Waals surface area contributed by atoms with E-state index in [-0.39, 0.29) is 18.4 Å². The van der Waals surface area contributed by atoms with Gasteiger partial charge in [0, 0.05) is 11.7 Å². The van der Waals surface area contributed by atoms with Crippen LogP contribution in [-0.4, -0.2) is 12.6 Å². The molecule has 15 heavy (non-hydrogen) atoms. The van der Waals surface area contributed by atoms with Crippen LogP contribution < -0.4 is 11.5 Å². The number of carbonyl (C=O) groups excluding carboxylic acids is 1. The van der Waals surface area contributed by atoms with Crippen molar-refractivity contribution in [2.45, 2.75) is 19.4 Å². The minimum absolute atomic E-state index is 0.192. The lowest BCUT2D eigenvalue weighted by atomic mass is 10.0. The molecule has 0 saturated carbocycles. The van der Waals surface area contributed by atoms with E-state index < -0.39 is 0 Å². The van der Waals surface area contributed by atoms with Crippen LogP contribution in [0.25, 0.3) is 0 Å². The molecule has 0 heterocycles. The number of benzene rings is 1. The average Bonchev–Trinajstić information content (AvgIpc) is 2.18. The van der Waals surface area contributed by atoms with Crippen LogP contribution in [0.5, 0.6) is 0 Å². The number of nitrogen functional groups attached to an aromatic ring is 1. The molecule has 4 heteroatoms. The van der Waals surface area contributed by atoms with Crippen LogP contribution in [0.15, 0.2) is 24.3 Å². The zero-order valence-electron chi connectivity index (χ0n) is 8.77. The van der Waals surface area contributed by atoms with Crippen LogP contribution in [0.2, 0.25) is 0 Å². The highest BCUT2D eigenvalue weighted by atomic mass is 16.5. The maximum atomic E-state index is 11.2. The third kappa shape index (κ3) is 3.59. The van der Waals surface area contributed by atoms with Crippen LogP contribution in [0, 0.1) is 0 Å². The number of ether oxygens (including phenoxy) is 1. The molecule has 4 nitrogen and oxygen atoms in total. The molecule has 0 radical (unpaired) electrons. The van der Waals surface area contributed by atoms with Gasteiger partial charge in [0.15, 0.2) is 0 Å². The fourth-order valence-corrected chi connectivity index (χ4v) is 1.26. The molecule has 0 fully saturated rings. The summed E-state index contributed by atoms with van der Waals surface area (Å²) in [6.45, 7) is 2.15. The van der Waals surface area contributed by atoms with Gasteiger partial charge < -0.3 is 16.2 Å². The summed E-state index contributed by atoms with van der Waals surface area (Å²) in [7, 11) is 0. The number of nitrogens with two attached hydrogens (primary N) is 2. The molecule has 4 N–H and O–H groups in total. The first kappa shape index (κ1) is 11.5. The van der Waals surface area contributed by atoms with Crippen molar-refractivity contribution in [1.82, 2.24) is 0 Å². The second kappa shape index (κ2) is 5.36. The summed E-state index contributed by atoms with van der Waals surface area (Å²) in [5, 5.41) is 0. The summed E-state index contributed by atoms with van der Waals surface area (Å²) in [5.41, 5.74) is 12.9. The van der Waals surface area contributed by atoms with Crippen molar-refractivity contribution in [3.05, 3.63) is 29.8 Å². The average molecular weight is 208 g/mol. The maximum Gasteiger partial charge on any atom is 0.307 e. The van der Waals surface area contributed by atoms with E-state index in [4.69, 9.17) is 16.2 Å². The fourth-order valence-electron chi connectivity index (χ4n) is 1.26. The van der Waals surface area contributed by atoms with Gasteiger partial charge in [-0.05, 0) is 24.6 Å². The summed E-state index contributed by atoms with van der Waals surface area (Å²) >= 11 is 0. The van der Waals surface area contributed by atoms with Gasteiger partial charge in [0.1, 0.15) is 0 Å². The van der Waals surface area contributed by atoms with Crippen molar-refractivity contribution < 1.29 is 9.53 Å². The molecule has 1 atom stereocenters. The van der Waals surface area contributed by atoms with Gasteiger partial charge in [0.05, 0.1) is 13.0 Å². The highest BCUT2D eigenvalue weighted by Crippen LogP contribution is 2.16. The normalized spacial score (nSPS) is 12.1. The van der Waals surface area contributed by atoms with Crippen molar-refractivity contribution in [1.29, 1.82) is 0 Å². The molecule has 0 aliphatic rings. The molecule has 82 valence electrons. The molecule has 0 saturated heterocycles. The second-order valence-corrected chi connectivity index (χ2v) is 3.28. The molecular formula is C11H16N2O2. The summed E-state index contributed by atoms with van der Waals surface area (Å²) < 4.78 is 4.81. The lowest BCUT2D eigenvalue weighted by molar-refractivity contribution is -0.143. The van der Waals surface area contributed by atoms with E-state index in [1.807, 2.05) is 12.1 Å². The lowest BCUT2D eigenvalue weighted by Gasteiger charge is -2.11. The predicted molar refractivity (Wildman–Crippen MR) is 59.0 cm³/mol. The van der Waals surface area contributed by atoms with Crippen LogP contribution in [0.4, 0.5) is 5.69 Å². The first-order chi connectivity index (χ1) is 7.13. The molecule has 0 aliphatic carbocycles. The van der Waals surface area contributed by atoms with Crippen LogP contribution >= 0.6 is 0 Å². The standard InChI is InChI=1S/C11H16N2O2/c1-2-15-11(14)7-10(13)8-3-5-9(12)6-4-8/h3-6,10H,2,7,12-13H2,1H3/t10-/m1/s1. The van der Waals surface area contributed by atoms with Gasteiger partial charge in [-0.15, -0.1) is 0 Å². The summed E-state index contributed by atoms with van der Waals surface area (Å²) in [6, 6.07) is 6.84. The topological polar surface area (TPSA) is 78.3 Å². The number of carbonyl (C=O) groups is 1. The van der Waals surface area contributed by atoms with Gasteiger partial charge in [-0.2, -0.15) is 0 Å². The molecule has 0 spiro atoms. The maximum absolute atomic E-state index is 11.2. The number of esters is 1. The Morgan fingerprint density at radius 1 is 1.40 bits per heavy atom.